The third-order valence-electron chi connectivity index (χ3n) is 10.1. The van der Waals surface area contributed by atoms with Crippen LogP contribution in [0.1, 0.15) is 28.2 Å². The molecule has 0 radical (unpaired) electrons. The molecule has 3 nitrogen and oxygen atoms in total. The van der Waals surface area contributed by atoms with E-state index in [1.807, 2.05) is 12.1 Å². The lowest BCUT2D eigenvalue weighted by Gasteiger charge is -2.15. The van der Waals surface area contributed by atoms with Gasteiger partial charge in [-0.1, -0.05) is 139 Å². The SMILES string of the molecule is Cc1cccc(C2c3ccccc3-c3cc(-c4ccc5c(c4)c4ccccc4n5-c4nc(-c5ccccc5)c5ccccc5n4)ccc32)c1. The van der Waals surface area contributed by atoms with E-state index in [2.05, 4.69) is 163 Å². The summed E-state index contributed by atoms with van der Waals surface area (Å²) in [6.07, 6.45) is 0. The molecule has 230 valence electrons. The summed E-state index contributed by atoms with van der Waals surface area (Å²) in [5.74, 6) is 0.913. The van der Waals surface area contributed by atoms with Gasteiger partial charge >= 0.3 is 0 Å². The second-order valence-corrected chi connectivity index (χ2v) is 13.1. The van der Waals surface area contributed by atoms with Crippen molar-refractivity contribution in [3.05, 3.63) is 186 Å². The van der Waals surface area contributed by atoms with Crippen LogP contribution < -0.4 is 0 Å². The van der Waals surface area contributed by atoms with Gasteiger partial charge in [0.1, 0.15) is 0 Å². The fourth-order valence-corrected chi connectivity index (χ4v) is 7.94. The molecule has 0 bridgehead atoms. The molecule has 1 unspecified atom stereocenters. The van der Waals surface area contributed by atoms with Crippen molar-refractivity contribution in [2.45, 2.75) is 12.8 Å². The summed E-state index contributed by atoms with van der Waals surface area (Å²) >= 11 is 0. The van der Waals surface area contributed by atoms with Crippen LogP contribution in [-0.2, 0) is 0 Å². The lowest BCUT2D eigenvalue weighted by atomic mass is 9.88. The minimum absolute atomic E-state index is 0.239. The number of hydrogen-bond acceptors (Lipinski definition) is 2. The summed E-state index contributed by atoms with van der Waals surface area (Å²) < 4.78 is 2.22. The minimum Gasteiger partial charge on any atom is -0.278 e. The number of fused-ring (bicyclic) bond motifs is 7. The molecule has 10 rings (SSSR count). The van der Waals surface area contributed by atoms with Gasteiger partial charge in [0.15, 0.2) is 0 Å². The maximum atomic E-state index is 5.24. The van der Waals surface area contributed by atoms with E-state index in [0.717, 1.165) is 33.2 Å². The van der Waals surface area contributed by atoms with E-state index in [9.17, 15) is 0 Å². The van der Waals surface area contributed by atoms with Gasteiger partial charge in [-0.3, -0.25) is 4.57 Å². The van der Waals surface area contributed by atoms with E-state index >= 15 is 0 Å². The first kappa shape index (κ1) is 27.8. The molecule has 3 heteroatoms. The molecular weight excluding hydrogens is 595 g/mol. The Kier molecular flexibility index (Phi) is 6.16. The van der Waals surface area contributed by atoms with Crippen LogP contribution in [0.4, 0.5) is 0 Å². The number of rotatable bonds is 4. The molecule has 0 N–H and O–H groups in total. The minimum atomic E-state index is 0.239. The predicted octanol–water partition coefficient (Wildman–Crippen LogP) is 11.5. The smallest absolute Gasteiger partial charge is 0.235 e. The first-order valence-corrected chi connectivity index (χ1v) is 16.9. The van der Waals surface area contributed by atoms with Gasteiger partial charge in [0, 0.05) is 27.6 Å². The van der Waals surface area contributed by atoms with Gasteiger partial charge < -0.3 is 0 Å². The highest BCUT2D eigenvalue weighted by atomic mass is 15.2. The fourth-order valence-electron chi connectivity index (χ4n) is 7.94. The molecule has 49 heavy (non-hydrogen) atoms. The van der Waals surface area contributed by atoms with Crippen molar-refractivity contribution in [2.75, 3.05) is 0 Å². The molecule has 0 fully saturated rings. The van der Waals surface area contributed by atoms with Crippen molar-refractivity contribution in [1.82, 2.24) is 14.5 Å². The highest BCUT2D eigenvalue weighted by molar-refractivity contribution is 6.10. The summed E-state index contributed by atoms with van der Waals surface area (Å²) in [4.78, 5) is 10.4. The Labute approximate surface area is 284 Å². The molecular formula is C46H31N3. The van der Waals surface area contributed by atoms with Gasteiger partial charge in [0.25, 0.3) is 0 Å². The van der Waals surface area contributed by atoms with Crippen molar-refractivity contribution >= 4 is 32.7 Å². The van der Waals surface area contributed by atoms with E-state index in [0.29, 0.717) is 5.95 Å². The Morgan fingerprint density at radius 2 is 1.18 bits per heavy atom. The van der Waals surface area contributed by atoms with Crippen LogP contribution in [0.2, 0.25) is 0 Å². The first-order chi connectivity index (χ1) is 24.2. The zero-order valence-corrected chi connectivity index (χ0v) is 27.0. The number of hydrogen-bond donors (Lipinski definition) is 0. The Balaban J connectivity index is 1.15. The molecule has 0 saturated heterocycles. The maximum absolute atomic E-state index is 5.24. The highest BCUT2D eigenvalue weighted by Gasteiger charge is 2.30. The van der Waals surface area contributed by atoms with E-state index < -0.39 is 0 Å². The van der Waals surface area contributed by atoms with Crippen molar-refractivity contribution < 1.29 is 0 Å². The Bertz CT molecular complexity index is 2740. The van der Waals surface area contributed by atoms with E-state index in [1.54, 1.807) is 0 Å². The van der Waals surface area contributed by atoms with Gasteiger partial charge in [-0.2, -0.15) is 0 Å². The van der Waals surface area contributed by atoms with E-state index in [4.69, 9.17) is 9.97 Å². The van der Waals surface area contributed by atoms with Crippen molar-refractivity contribution in [3.8, 4) is 39.5 Å². The summed E-state index contributed by atoms with van der Waals surface area (Å²) in [6, 6.07) is 59.0. The third-order valence-corrected chi connectivity index (χ3v) is 10.1. The molecule has 0 aliphatic heterocycles. The van der Waals surface area contributed by atoms with Crippen LogP contribution in [-0.4, -0.2) is 14.5 Å². The van der Waals surface area contributed by atoms with Crippen molar-refractivity contribution in [1.29, 1.82) is 0 Å². The molecule has 7 aromatic carbocycles. The highest BCUT2D eigenvalue weighted by Crippen LogP contribution is 2.49. The Morgan fingerprint density at radius 1 is 0.469 bits per heavy atom. The zero-order valence-electron chi connectivity index (χ0n) is 27.0. The number of aromatic nitrogens is 3. The normalized spacial score (nSPS) is 13.6. The monoisotopic (exact) mass is 625 g/mol. The largest absolute Gasteiger partial charge is 0.278 e. The number of aryl methyl sites for hydroxylation is 1. The Morgan fingerprint density at radius 3 is 2.08 bits per heavy atom. The van der Waals surface area contributed by atoms with Crippen LogP contribution in [0.25, 0.3) is 72.2 Å². The summed E-state index contributed by atoms with van der Waals surface area (Å²) in [5, 5.41) is 3.41. The number of benzene rings is 7. The van der Waals surface area contributed by atoms with Crippen LogP contribution in [0.15, 0.2) is 164 Å². The van der Waals surface area contributed by atoms with Gasteiger partial charge in [-0.15, -0.1) is 0 Å². The fraction of sp³-hybridized carbons (Fsp3) is 0.0435. The standard InChI is InChI=1S/C46H31N3/c1-29-12-11-15-33(26-29)44-36-18-6-5-16-34(36)39-27-31(22-24-37(39)44)32-23-25-43-40(28-32)35-17-8-10-21-42(35)49(43)46-47-41-20-9-7-19-38(41)45(48-46)30-13-3-2-4-14-30/h2-28,44H,1H3. The van der Waals surface area contributed by atoms with Crippen LogP contribution in [0.5, 0.6) is 0 Å². The molecule has 1 atom stereocenters. The van der Waals surface area contributed by atoms with E-state index in [1.165, 1.54) is 55.3 Å². The third kappa shape index (κ3) is 4.36. The molecule has 0 spiro atoms. The predicted molar refractivity (Wildman–Crippen MR) is 202 cm³/mol. The van der Waals surface area contributed by atoms with Crippen LogP contribution in [0, 0.1) is 6.92 Å². The molecule has 0 saturated carbocycles. The van der Waals surface area contributed by atoms with E-state index in [-0.39, 0.29) is 5.92 Å². The average molecular weight is 626 g/mol. The van der Waals surface area contributed by atoms with Crippen molar-refractivity contribution in [2.24, 2.45) is 0 Å². The lowest BCUT2D eigenvalue weighted by Crippen LogP contribution is -2.03. The summed E-state index contributed by atoms with van der Waals surface area (Å²) in [7, 11) is 0. The topological polar surface area (TPSA) is 30.7 Å². The lowest BCUT2D eigenvalue weighted by molar-refractivity contribution is 1.01. The molecule has 2 heterocycles. The average Bonchev–Trinajstić information content (AvgIpc) is 3.67. The maximum Gasteiger partial charge on any atom is 0.235 e. The molecule has 0 amide bonds. The zero-order chi connectivity index (χ0) is 32.5. The van der Waals surface area contributed by atoms with Gasteiger partial charge in [0.2, 0.25) is 5.95 Å². The Hall–Kier alpha value is -6.32. The molecule has 1 aliphatic carbocycles. The van der Waals surface area contributed by atoms with Crippen LogP contribution >= 0.6 is 0 Å². The molecule has 2 aromatic heterocycles. The van der Waals surface area contributed by atoms with Crippen molar-refractivity contribution in [3.63, 3.8) is 0 Å². The molecule has 1 aliphatic rings. The second kappa shape index (κ2) is 10.9. The quantitative estimate of drug-likeness (QED) is 0.195. The molecule has 9 aromatic rings. The summed E-state index contributed by atoms with van der Waals surface area (Å²) in [5.41, 5.74) is 15.6. The number of nitrogens with zero attached hydrogens (tertiary/aromatic N) is 3. The number of para-hydroxylation sites is 2. The summed E-state index contributed by atoms with van der Waals surface area (Å²) in [6.45, 7) is 2.18. The van der Waals surface area contributed by atoms with Gasteiger partial charge in [-0.05, 0) is 76.2 Å². The van der Waals surface area contributed by atoms with Gasteiger partial charge in [0.05, 0.1) is 22.2 Å². The second-order valence-electron chi connectivity index (χ2n) is 13.1. The van der Waals surface area contributed by atoms with Crippen LogP contribution in [0.3, 0.4) is 0 Å². The first-order valence-electron chi connectivity index (χ1n) is 16.9. The van der Waals surface area contributed by atoms with Gasteiger partial charge in [-0.25, -0.2) is 9.97 Å².